The maximum Gasteiger partial charge on any atom is 0.247 e. The highest BCUT2D eigenvalue weighted by molar-refractivity contribution is 5.97. The van der Waals surface area contributed by atoms with Crippen molar-refractivity contribution in [2.75, 3.05) is 26.2 Å². The molecular formula is C10H15N3O2. The standard InChI is InChI=1S/C10H15N3O2/c14-9-7-2-1-4-12(7)10(15)8-6-11-3-5-13(8)9/h7-8,11H,1-6H2. The monoisotopic (exact) mass is 209 g/mol. The van der Waals surface area contributed by atoms with Gasteiger partial charge in [-0.25, -0.2) is 0 Å². The number of amides is 2. The second-order valence-corrected chi connectivity index (χ2v) is 4.44. The Morgan fingerprint density at radius 1 is 1.07 bits per heavy atom. The summed E-state index contributed by atoms with van der Waals surface area (Å²) in [6.07, 6.45) is 1.82. The van der Waals surface area contributed by atoms with Gasteiger partial charge < -0.3 is 15.1 Å². The van der Waals surface area contributed by atoms with E-state index in [0.29, 0.717) is 13.1 Å². The fourth-order valence-corrected chi connectivity index (χ4v) is 2.86. The number of hydrogen-bond donors (Lipinski definition) is 1. The first-order valence-electron chi connectivity index (χ1n) is 5.61. The highest BCUT2D eigenvalue weighted by Gasteiger charge is 2.48. The molecule has 3 rings (SSSR count). The van der Waals surface area contributed by atoms with Crippen LogP contribution in [0.5, 0.6) is 0 Å². The van der Waals surface area contributed by atoms with Crippen molar-refractivity contribution >= 4 is 11.8 Å². The van der Waals surface area contributed by atoms with Crippen LogP contribution in [0, 0.1) is 0 Å². The van der Waals surface area contributed by atoms with Gasteiger partial charge in [-0.15, -0.1) is 0 Å². The number of nitrogens with zero attached hydrogens (tertiary/aromatic N) is 2. The van der Waals surface area contributed by atoms with E-state index in [0.717, 1.165) is 25.9 Å². The van der Waals surface area contributed by atoms with Crippen molar-refractivity contribution in [2.24, 2.45) is 0 Å². The highest BCUT2D eigenvalue weighted by Crippen LogP contribution is 2.27. The summed E-state index contributed by atoms with van der Waals surface area (Å²) in [6.45, 7) is 2.87. The van der Waals surface area contributed by atoms with Gasteiger partial charge in [-0.1, -0.05) is 0 Å². The molecule has 0 aromatic heterocycles. The second-order valence-electron chi connectivity index (χ2n) is 4.44. The molecule has 0 aromatic rings. The number of piperazine rings is 2. The normalized spacial score (nSPS) is 35.5. The molecule has 3 saturated heterocycles. The topological polar surface area (TPSA) is 52.7 Å². The van der Waals surface area contributed by atoms with E-state index < -0.39 is 0 Å². The van der Waals surface area contributed by atoms with Crippen LogP contribution in [-0.2, 0) is 9.59 Å². The van der Waals surface area contributed by atoms with Gasteiger partial charge >= 0.3 is 0 Å². The van der Waals surface area contributed by atoms with Crippen LogP contribution in [0.4, 0.5) is 0 Å². The molecule has 3 aliphatic rings. The van der Waals surface area contributed by atoms with Gasteiger partial charge in [0.05, 0.1) is 0 Å². The summed E-state index contributed by atoms with van der Waals surface area (Å²) in [6, 6.07) is -0.382. The quantitative estimate of drug-likeness (QED) is 0.545. The van der Waals surface area contributed by atoms with Crippen molar-refractivity contribution in [2.45, 2.75) is 24.9 Å². The van der Waals surface area contributed by atoms with E-state index >= 15 is 0 Å². The molecule has 3 heterocycles. The van der Waals surface area contributed by atoms with Crippen molar-refractivity contribution in [3.63, 3.8) is 0 Å². The number of nitrogens with one attached hydrogen (secondary N) is 1. The fraction of sp³-hybridized carbons (Fsp3) is 0.800. The molecule has 3 fully saturated rings. The third kappa shape index (κ3) is 1.19. The van der Waals surface area contributed by atoms with E-state index in [-0.39, 0.29) is 23.9 Å². The van der Waals surface area contributed by atoms with Crippen molar-refractivity contribution in [3.8, 4) is 0 Å². The van der Waals surface area contributed by atoms with Crippen molar-refractivity contribution in [1.82, 2.24) is 15.1 Å². The van der Waals surface area contributed by atoms with Gasteiger partial charge in [0.25, 0.3) is 0 Å². The summed E-state index contributed by atoms with van der Waals surface area (Å²) in [4.78, 5) is 27.7. The van der Waals surface area contributed by atoms with E-state index in [9.17, 15) is 9.59 Å². The van der Waals surface area contributed by atoms with Gasteiger partial charge in [0, 0.05) is 26.2 Å². The molecule has 0 spiro atoms. The Morgan fingerprint density at radius 2 is 1.80 bits per heavy atom. The van der Waals surface area contributed by atoms with Gasteiger partial charge in [0.1, 0.15) is 12.1 Å². The maximum atomic E-state index is 12.1. The smallest absolute Gasteiger partial charge is 0.247 e. The Morgan fingerprint density at radius 3 is 2.67 bits per heavy atom. The number of rotatable bonds is 0. The van der Waals surface area contributed by atoms with Gasteiger partial charge in [-0.2, -0.15) is 0 Å². The van der Waals surface area contributed by atoms with E-state index in [1.165, 1.54) is 0 Å². The molecule has 3 aliphatic heterocycles. The Labute approximate surface area is 88.4 Å². The second kappa shape index (κ2) is 3.20. The first-order chi connectivity index (χ1) is 7.29. The van der Waals surface area contributed by atoms with Gasteiger partial charge in [0.2, 0.25) is 11.8 Å². The molecule has 15 heavy (non-hydrogen) atoms. The largest absolute Gasteiger partial charge is 0.329 e. The van der Waals surface area contributed by atoms with Crippen molar-refractivity contribution in [1.29, 1.82) is 0 Å². The minimum atomic E-state index is -0.236. The van der Waals surface area contributed by atoms with Crippen LogP contribution >= 0.6 is 0 Å². The van der Waals surface area contributed by atoms with Crippen LogP contribution in [0.15, 0.2) is 0 Å². The lowest BCUT2D eigenvalue weighted by molar-refractivity contribution is -0.160. The first kappa shape index (κ1) is 9.15. The number of hydrogen-bond acceptors (Lipinski definition) is 3. The van der Waals surface area contributed by atoms with Crippen molar-refractivity contribution in [3.05, 3.63) is 0 Å². The summed E-state index contributed by atoms with van der Waals surface area (Å²) in [5, 5.41) is 3.17. The minimum absolute atomic E-state index is 0.143. The Kier molecular flexibility index (Phi) is 1.95. The molecule has 2 unspecified atom stereocenters. The van der Waals surface area contributed by atoms with E-state index in [1.807, 2.05) is 0 Å². The van der Waals surface area contributed by atoms with Gasteiger partial charge in [-0.05, 0) is 12.8 Å². The van der Waals surface area contributed by atoms with Crippen LogP contribution in [0.3, 0.4) is 0 Å². The van der Waals surface area contributed by atoms with Crippen LogP contribution in [0.1, 0.15) is 12.8 Å². The van der Waals surface area contributed by atoms with E-state index in [4.69, 9.17) is 0 Å². The van der Waals surface area contributed by atoms with E-state index in [1.54, 1.807) is 9.80 Å². The lowest BCUT2D eigenvalue weighted by Crippen LogP contribution is -2.68. The minimum Gasteiger partial charge on any atom is -0.329 e. The lowest BCUT2D eigenvalue weighted by atomic mass is 10.0. The van der Waals surface area contributed by atoms with E-state index in [2.05, 4.69) is 5.32 Å². The first-order valence-corrected chi connectivity index (χ1v) is 5.61. The zero-order valence-electron chi connectivity index (χ0n) is 8.61. The fourth-order valence-electron chi connectivity index (χ4n) is 2.86. The molecule has 0 bridgehead atoms. The Balaban J connectivity index is 1.92. The van der Waals surface area contributed by atoms with Crippen LogP contribution in [0.2, 0.25) is 0 Å². The summed E-state index contributed by atoms with van der Waals surface area (Å²) in [7, 11) is 0. The Hall–Kier alpha value is -1.10. The highest BCUT2D eigenvalue weighted by atomic mass is 16.2. The molecule has 2 atom stereocenters. The summed E-state index contributed by atoms with van der Waals surface area (Å²) in [5.74, 6) is 0.308. The molecule has 0 radical (unpaired) electrons. The summed E-state index contributed by atoms with van der Waals surface area (Å²) < 4.78 is 0. The SMILES string of the molecule is O=C1C2CNCCN2C(=O)C2CCCN12. The number of carbonyl (C=O) groups excluding carboxylic acids is 2. The average molecular weight is 209 g/mol. The third-order valence-electron chi connectivity index (χ3n) is 3.63. The molecule has 2 amide bonds. The van der Waals surface area contributed by atoms with Crippen LogP contribution < -0.4 is 5.32 Å². The molecule has 0 aromatic carbocycles. The molecule has 5 nitrogen and oxygen atoms in total. The molecule has 0 saturated carbocycles. The zero-order valence-corrected chi connectivity index (χ0v) is 8.61. The summed E-state index contributed by atoms with van der Waals surface area (Å²) in [5.41, 5.74) is 0. The average Bonchev–Trinajstić information content (AvgIpc) is 2.75. The number of fused-ring (bicyclic) bond motifs is 2. The molecule has 0 aliphatic carbocycles. The summed E-state index contributed by atoms with van der Waals surface area (Å²) >= 11 is 0. The van der Waals surface area contributed by atoms with Crippen molar-refractivity contribution < 1.29 is 9.59 Å². The van der Waals surface area contributed by atoms with Gasteiger partial charge in [0.15, 0.2) is 0 Å². The third-order valence-corrected chi connectivity index (χ3v) is 3.63. The molecule has 5 heteroatoms. The zero-order chi connectivity index (χ0) is 10.4. The predicted molar refractivity (Wildman–Crippen MR) is 53.1 cm³/mol. The Bertz CT molecular complexity index is 288. The lowest BCUT2D eigenvalue weighted by Gasteiger charge is -2.44. The number of carbonyl (C=O) groups is 2. The van der Waals surface area contributed by atoms with Crippen LogP contribution in [0.25, 0.3) is 0 Å². The molecular weight excluding hydrogens is 194 g/mol. The maximum absolute atomic E-state index is 12.1. The molecule has 82 valence electrons. The van der Waals surface area contributed by atoms with Gasteiger partial charge in [-0.3, -0.25) is 9.59 Å². The predicted octanol–water partition coefficient (Wildman–Crippen LogP) is -1.21. The van der Waals surface area contributed by atoms with Crippen LogP contribution in [-0.4, -0.2) is 59.9 Å². The molecule has 1 N–H and O–H groups in total.